The van der Waals surface area contributed by atoms with Gasteiger partial charge in [-0.05, 0) is 48.7 Å². The Morgan fingerprint density at radius 3 is 2.15 bits per heavy atom. The van der Waals surface area contributed by atoms with E-state index in [1.165, 1.54) is 6.07 Å². The average molecular weight is 270 g/mol. The van der Waals surface area contributed by atoms with Crippen molar-refractivity contribution in [1.29, 1.82) is 0 Å². The highest BCUT2D eigenvalue weighted by atomic mass is 16.4. The number of aromatic carboxylic acids is 2. The summed E-state index contributed by atoms with van der Waals surface area (Å²) in [5.41, 5.74) is 3.06. The zero-order valence-corrected chi connectivity index (χ0v) is 11.2. The predicted molar refractivity (Wildman–Crippen MR) is 75.3 cm³/mol. The Morgan fingerprint density at radius 1 is 0.850 bits per heavy atom. The zero-order chi connectivity index (χ0) is 14.9. The Bertz CT molecular complexity index is 702. The molecule has 0 aliphatic rings. The summed E-state index contributed by atoms with van der Waals surface area (Å²) < 4.78 is 0. The fraction of sp³-hybridized carbons (Fsp3) is 0.125. The van der Waals surface area contributed by atoms with Gasteiger partial charge in [-0.2, -0.15) is 0 Å². The van der Waals surface area contributed by atoms with Crippen molar-refractivity contribution < 1.29 is 19.8 Å². The molecule has 0 aliphatic carbocycles. The van der Waals surface area contributed by atoms with Gasteiger partial charge in [-0.15, -0.1) is 0 Å². The minimum atomic E-state index is -1.03. The topological polar surface area (TPSA) is 74.6 Å². The lowest BCUT2D eigenvalue weighted by atomic mass is 9.95. The molecule has 0 amide bonds. The maximum absolute atomic E-state index is 11.3. The van der Waals surface area contributed by atoms with E-state index in [2.05, 4.69) is 0 Å². The SMILES string of the molecule is Cc1cc(C(=O)O)cc(-c2ccc(C)cc2C(=O)O)c1. The Balaban J connectivity index is 2.68. The van der Waals surface area contributed by atoms with Crippen molar-refractivity contribution in [3.8, 4) is 11.1 Å². The van der Waals surface area contributed by atoms with Gasteiger partial charge in [-0.1, -0.05) is 23.8 Å². The van der Waals surface area contributed by atoms with E-state index in [1.807, 2.05) is 13.0 Å². The van der Waals surface area contributed by atoms with E-state index >= 15 is 0 Å². The monoisotopic (exact) mass is 270 g/mol. The lowest BCUT2D eigenvalue weighted by Crippen LogP contribution is -2.02. The first kappa shape index (κ1) is 13.8. The molecule has 102 valence electrons. The van der Waals surface area contributed by atoms with Crippen molar-refractivity contribution in [1.82, 2.24) is 0 Å². The molecule has 20 heavy (non-hydrogen) atoms. The van der Waals surface area contributed by atoms with E-state index in [0.717, 1.165) is 11.1 Å². The Kier molecular flexibility index (Phi) is 3.57. The fourth-order valence-corrected chi connectivity index (χ4v) is 2.15. The van der Waals surface area contributed by atoms with Crippen molar-refractivity contribution >= 4 is 11.9 Å². The molecular weight excluding hydrogens is 256 g/mol. The van der Waals surface area contributed by atoms with Gasteiger partial charge in [0.05, 0.1) is 11.1 Å². The van der Waals surface area contributed by atoms with Crippen LogP contribution in [0.15, 0.2) is 36.4 Å². The normalized spacial score (nSPS) is 10.3. The van der Waals surface area contributed by atoms with Crippen molar-refractivity contribution in [2.45, 2.75) is 13.8 Å². The minimum Gasteiger partial charge on any atom is -0.478 e. The molecule has 0 saturated carbocycles. The molecule has 2 N–H and O–H groups in total. The smallest absolute Gasteiger partial charge is 0.336 e. The Morgan fingerprint density at radius 2 is 1.55 bits per heavy atom. The second kappa shape index (κ2) is 5.17. The van der Waals surface area contributed by atoms with Gasteiger partial charge in [0.2, 0.25) is 0 Å². The maximum Gasteiger partial charge on any atom is 0.336 e. The van der Waals surface area contributed by atoms with Crippen LogP contribution in [0, 0.1) is 13.8 Å². The molecule has 0 saturated heterocycles. The molecule has 4 nitrogen and oxygen atoms in total. The number of benzene rings is 2. The van der Waals surface area contributed by atoms with Gasteiger partial charge in [-0.3, -0.25) is 0 Å². The van der Waals surface area contributed by atoms with Crippen LogP contribution in [0.2, 0.25) is 0 Å². The molecule has 0 bridgehead atoms. The summed E-state index contributed by atoms with van der Waals surface area (Å²) in [6.07, 6.45) is 0. The van der Waals surface area contributed by atoms with E-state index in [-0.39, 0.29) is 11.1 Å². The molecule has 0 radical (unpaired) electrons. The van der Waals surface area contributed by atoms with Crippen LogP contribution >= 0.6 is 0 Å². The quantitative estimate of drug-likeness (QED) is 0.896. The molecule has 4 heteroatoms. The first-order valence-corrected chi connectivity index (χ1v) is 6.08. The van der Waals surface area contributed by atoms with Crippen LogP contribution in [0.3, 0.4) is 0 Å². The number of carboxylic acid groups (broad SMARTS) is 2. The largest absolute Gasteiger partial charge is 0.478 e. The highest BCUT2D eigenvalue weighted by Gasteiger charge is 2.14. The van der Waals surface area contributed by atoms with Crippen LogP contribution in [-0.2, 0) is 0 Å². The van der Waals surface area contributed by atoms with Gasteiger partial charge < -0.3 is 10.2 Å². The molecule has 0 aromatic heterocycles. The van der Waals surface area contributed by atoms with Crippen LogP contribution < -0.4 is 0 Å². The Hall–Kier alpha value is -2.62. The lowest BCUT2D eigenvalue weighted by molar-refractivity contribution is 0.0687. The number of aryl methyl sites for hydroxylation is 2. The van der Waals surface area contributed by atoms with Crippen molar-refractivity contribution in [3.05, 3.63) is 58.7 Å². The van der Waals surface area contributed by atoms with E-state index in [9.17, 15) is 14.7 Å². The summed E-state index contributed by atoms with van der Waals surface area (Å²) in [5.74, 6) is -2.05. The maximum atomic E-state index is 11.3. The van der Waals surface area contributed by atoms with E-state index < -0.39 is 11.9 Å². The number of hydrogen-bond acceptors (Lipinski definition) is 2. The fourth-order valence-electron chi connectivity index (χ4n) is 2.15. The van der Waals surface area contributed by atoms with Gasteiger partial charge in [0.1, 0.15) is 0 Å². The van der Waals surface area contributed by atoms with E-state index in [0.29, 0.717) is 11.1 Å². The molecule has 0 heterocycles. The zero-order valence-electron chi connectivity index (χ0n) is 11.2. The van der Waals surface area contributed by atoms with E-state index in [1.54, 1.807) is 31.2 Å². The molecule has 0 unspecified atom stereocenters. The molecule has 0 fully saturated rings. The first-order valence-electron chi connectivity index (χ1n) is 6.08. The number of carboxylic acids is 2. The lowest BCUT2D eigenvalue weighted by Gasteiger charge is -2.09. The third-order valence-electron chi connectivity index (χ3n) is 3.04. The average Bonchev–Trinajstić information content (AvgIpc) is 2.37. The van der Waals surface area contributed by atoms with Crippen molar-refractivity contribution in [2.75, 3.05) is 0 Å². The summed E-state index contributed by atoms with van der Waals surface area (Å²) >= 11 is 0. The van der Waals surface area contributed by atoms with Crippen molar-refractivity contribution in [3.63, 3.8) is 0 Å². The van der Waals surface area contributed by atoms with Crippen molar-refractivity contribution in [2.24, 2.45) is 0 Å². The van der Waals surface area contributed by atoms with Crippen LogP contribution in [-0.4, -0.2) is 22.2 Å². The second-order valence-corrected chi connectivity index (χ2v) is 4.75. The predicted octanol–water partition coefficient (Wildman–Crippen LogP) is 3.37. The van der Waals surface area contributed by atoms with Crippen LogP contribution in [0.5, 0.6) is 0 Å². The number of rotatable bonds is 3. The third kappa shape index (κ3) is 2.69. The summed E-state index contributed by atoms with van der Waals surface area (Å²) in [5, 5.41) is 18.4. The molecule has 0 atom stereocenters. The summed E-state index contributed by atoms with van der Waals surface area (Å²) in [4.78, 5) is 22.4. The molecule has 2 aromatic carbocycles. The molecule has 2 rings (SSSR count). The third-order valence-corrected chi connectivity index (χ3v) is 3.04. The van der Waals surface area contributed by atoms with Gasteiger partial charge in [-0.25, -0.2) is 9.59 Å². The van der Waals surface area contributed by atoms with Crippen LogP contribution in [0.4, 0.5) is 0 Å². The standard InChI is InChI=1S/C16H14O4/c1-9-3-4-13(14(7-9)16(19)20)11-5-10(2)6-12(8-11)15(17)18/h3-8H,1-2H3,(H,17,18)(H,19,20). The van der Waals surface area contributed by atoms with Gasteiger partial charge in [0.15, 0.2) is 0 Å². The number of carbonyl (C=O) groups is 2. The summed E-state index contributed by atoms with van der Waals surface area (Å²) in [6.45, 7) is 3.60. The van der Waals surface area contributed by atoms with Gasteiger partial charge in [0, 0.05) is 0 Å². The first-order chi connectivity index (χ1) is 9.38. The highest BCUT2D eigenvalue weighted by molar-refractivity contribution is 5.97. The van der Waals surface area contributed by atoms with Crippen LogP contribution in [0.1, 0.15) is 31.8 Å². The van der Waals surface area contributed by atoms with E-state index in [4.69, 9.17) is 5.11 Å². The van der Waals surface area contributed by atoms with Crippen LogP contribution in [0.25, 0.3) is 11.1 Å². The molecule has 0 spiro atoms. The summed E-state index contributed by atoms with van der Waals surface area (Å²) in [6, 6.07) is 9.93. The van der Waals surface area contributed by atoms with Gasteiger partial charge in [0.25, 0.3) is 0 Å². The Labute approximate surface area is 116 Å². The molecular formula is C16H14O4. The summed E-state index contributed by atoms with van der Waals surface area (Å²) in [7, 11) is 0. The molecule has 2 aromatic rings. The molecule has 0 aliphatic heterocycles. The van der Waals surface area contributed by atoms with Gasteiger partial charge >= 0.3 is 11.9 Å². The highest BCUT2D eigenvalue weighted by Crippen LogP contribution is 2.27. The second-order valence-electron chi connectivity index (χ2n) is 4.75. The number of hydrogen-bond donors (Lipinski definition) is 2. The minimum absolute atomic E-state index is 0.150.